The largest absolute Gasteiger partial charge is 0.418 e. The summed E-state index contributed by atoms with van der Waals surface area (Å²) < 4.78 is 39.6. The molecule has 1 aliphatic carbocycles. The molecule has 1 atom stereocenters. The number of amides is 1. The first kappa shape index (κ1) is 19.7. The summed E-state index contributed by atoms with van der Waals surface area (Å²) in [5.41, 5.74) is 7.46. The van der Waals surface area contributed by atoms with E-state index in [4.69, 9.17) is 10.7 Å². The molecule has 0 spiro atoms. The molecular weight excluding hydrogens is 399 g/mol. The van der Waals surface area contributed by atoms with Crippen LogP contribution in [0.2, 0.25) is 0 Å². The normalized spacial score (nSPS) is 16.6. The summed E-state index contributed by atoms with van der Waals surface area (Å²) in [5, 5.41) is 3.06. The molecule has 3 aromatic rings. The van der Waals surface area contributed by atoms with Crippen molar-refractivity contribution in [1.29, 1.82) is 0 Å². The van der Waals surface area contributed by atoms with Crippen LogP contribution in [0.25, 0.3) is 10.2 Å². The molecule has 2 aromatic heterocycles. The number of halogens is 3. The van der Waals surface area contributed by atoms with Gasteiger partial charge < -0.3 is 11.1 Å². The van der Waals surface area contributed by atoms with E-state index < -0.39 is 17.6 Å². The molecule has 0 unspecified atom stereocenters. The summed E-state index contributed by atoms with van der Waals surface area (Å²) in [7, 11) is 0. The van der Waals surface area contributed by atoms with Crippen molar-refractivity contribution in [1.82, 2.24) is 4.98 Å². The Balaban J connectivity index is 1.68. The molecule has 29 heavy (non-hydrogen) atoms. The summed E-state index contributed by atoms with van der Waals surface area (Å²) in [6.07, 6.45) is -0.550. The lowest BCUT2D eigenvalue weighted by Crippen LogP contribution is -2.16. The van der Waals surface area contributed by atoms with Gasteiger partial charge in [0, 0.05) is 11.1 Å². The highest BCUT2D eigenvalue weighted by molar-refractivity contribution is 7.21. The first-order valence-corrected chi connectivity index (χ1v) is 10.3. The number of benzene rings is 1. The molecule has 1 aromatic carbocycles. The summed E-state index contributed by atoms with van der Waals surface area (Å²) in [4.78, 5) is 18.2. The van der Waals surface area contributed by atoms with E-state index in [1.807, 2.05) is 6.07 Å². The van der Waals surface area contributed by atoms with Crippen molar-refractivity contribution >= 4 is 38.8 Å². The Morgan fingerprint density at radius 1 is 1.34 bits per heavy atom. The minimum absolute atomic E-state index is 0.180. The van der Waals surface area contributed by atoms with Gasteiger partial charge in [0.2, 0.25) is 0 Å². The number of rotatable bonds is 3. The average Bonchev–Trinajstić information content (AvgIpc) is 3.01. The zero-order valence-electron chi connectivity index (χ0n) is 15.8. The van der Waals surface area contributed by atoms with Crippen molar-refractivity contribution in [3.63, 3.8) is 0 Å². The van der Waals surface area contributed by atoms with Gasteiger partial charge in [-0.15, -0.1) is 11.3 Å². The Labute approximate surface area is 169 Å². The van der Waals surface area contributed by atoms with Gasteiger partial charge >= 0.3 is 6.18 Å². The number of nitrogens with one attached hydrogen (secondary N) is 1. The number of aromatic nitrogens is 1. The van der Waals surface area contributed by atoms with Gasteiger partial charge in [-0.3, -0.25) is 4.79 Å². The van der Waals surface area contributed by atoms with Crippen molar-refractivity contribution in [3.05, 3.63) is 52.0 Å². The number of pyridine rings is 1. The minimum Gasteiger partial charge on any atom is -0.397 e. The number of hydrogen-bond donors (Lipinski definition) is 2. The predicted octanol–water partition coefficient (Wildman–Crippen LogP) is 5.66. The molecule has 4 rings (SSSR count). The highest BCUT2D eigenvalue weighted by atomic mass is 32.1. The van der Waals surface area contributed by atoms with E-state index in [9.17, 15) is 18.0 Å². The lowest BCUT2D eigenvalue weighted by Gasteiger charge is -2.22. The van der Waals surface area contributed by atoms with Gasteiger partial charge in [-0.05, 0) is 48.9 Å². The van der Waals surface area contributed by atoms with Crippen molar-refractivity contribution in [3.8, 4) is 0 Å². The summed E-state index contributed by atoms with van der Waals surface area (Å²) in [6, 6.07) is 6.88. The lowest BCUT2D eigenvalue weighted by molar-refractivity contribution is -0.136. The first-order valence-electron chi connectivity index (χ1n) is 9.46. The number of carbonyl (C=O) groups excluding carboxylic acids is 1. The van der Waals surface area contributed by atoms with Crippen LogP contribution in [-0.2, 0) is 19.0 Å². The van der Waals surface area contributed by atoms with Crippen LogP contribution < -0.4 is 11.1 Å². The number of anilines is 2. The van der Waals surface area contributed by atoms with Crippen LogP contribution in [0, 0.1) is 5.92 Å². The molecule has 0 bridgehead atoms. The number of alkyl halides is 3. The van der Waals surface area contributed by atoms with E-state index in [-0.39, 0.29) is 16.3 Å². The topological polar surface area (TPSA) is 68.0 Å². The predicted molar refractivity (Wildman–Crippen MR) is 109 cm³/mol. The number of nitrogen functional groups attached to an aromatic ring is 1. The molecule has 3 N–H and O–H groups in total. The quantitative estimate of drug-likeness (QED) is 0.575. The monoisotopic (exact) mass is 419 g/mol. The smallest absolute Gasteiger partial charge is 0.397 e. The number of fused-ring (bicyclic) bond motifs is 2. The molecule has 0 radical (unpaired) electrons. The van der Waals surface area contributed by atoms with E-state index in [1.165, 1.54) is 18.2 Å². The molecule has 0 aliphatic heterocycles. The van der Waals surface area contributed by atoms with Crippen LogP contribution in [0.4, 0.5) is 24.5 Å². The summed E-state index contributed by atoms with van der Waals surface area (Å²) in [5.74, 6) is -0.0464. The van der Waals surface area contributed by atoms with Gasteiger partial charge in [-0.1, -0.05) is 25.5 Å². The number of carbonyl (C=O) groups is 1. The van der Waals surface area contributed by atoms with Crippen LogP contribution in [0.5, 0.6) is 0 Å². The summed E-state index contributed by atoms with van der Waals surface area (Å²) >= 11 is 1.11. The third kappa shape index (κ3) is 3.69. The molecule has 2 heterocycles. The number of para-hydroxylation sites is 1. The fourth-order valence-electron chi connectivity index (χ4n) is 3.80. The van der Waals surface area contributed by atoms with E-state index in [1.54, 1.807) is 0 Å². The fraction of sp³-hybridized carbons (Fsp3) is 0.333. The maximum Gasteiger partial charge on any atom is 0.418 e. The van der Waals surface area contributed by atoms with E-state index in [0.717, 1.165) is 54.3 Å². The second kappa shape index (κ2) is 7.33. The van der Waals surface area contributed by atoms with Crippen LogP contribution in [0.3, 0.4) is 0 Å². The Hall–Kier alpha value is -2.61. The Bertz CT molecular complexity index is 1090. The molecule has 1 aliphatic rings. The Morgan fingerprint density at radius 3 is 2.83 bits per heavy atom. The third-order valence-electron chi connectivity index (χ3n) is 5.45. The highest BCUT2D eigenvalue weighted by Crippen LogP contribution is 2.38. The van der Waals surface area contributed by atoms with Gasteiger partial charge in [0.25, 0.3) is 5.91 Å². The van der Waals surface area contributed by atoms with Crippen molar-refractivity contribution in [2.75, 3.05) is 11.1 Å². The number of hydrogen-bond acceptors (Lipinski definition) is 4. The molecule has 152 valence electrons. The molecule has 0 saturated heterocycles. The van der Waals surface area contributed by atoms with Crippen LogP contribution >= 0.6 is 11.3 Å². The second-order valence-electron chi connectivity index (χ2n) is 7.31. The Kier molecular flexibility index (Phi) is 4.98. The Morgan fingerprint density at radius 2 is 2.10 bits per heavy atom. The molecule has 0 saturated carbocycles. The fourth-order valence-corrected chi connectivity index (χ4v) is 4.79. The van der Waals surface area contributed by atoms with Gasteiger partial charge in [0.05, 0.1) is 16.9 Å². The zero-order chi connectivity index (χ0) is 20.8. The maximum atomic E-state index is 13.2. The molecular formula is C21H20F3N3OS. The number of nitrogens with zero attached hydrogens (tertiary/aromatic N) is 1. The summed E-state index contributed by atoms with van der Waals surface area (Å²) in [6.45, 7) is 2.17. The second-order valence-corrected chi connectivity index (χ2v) is 8.31. The molecule has 8 heteroatoms. The van der Waals surface area contributed by atoms with Gasteiger partial charge in [0.1, 0.15) is 9.71 Å². The van der Waals surface area contributed by atoms with E-state index in [2.05, 4.69) is 12.2 Å². The third-order valence-corrected chi connectivity index (χ3v) is 6.57. The van der Waals surface area contributed by atoms with Crippen LogP contribution in [0.1, 0.15) is 46.3 Å². The lowest BCUT2D eigenvalue weighted by atomic mass is 9.85. The standard InChI is InChI=1S/C21H20F3N3OS/c1-2-11-7-8-15-12(9-11)10-13-17(25)18(29-20(13)27-15)19(28)26-16-6-4-3-5-14(16)21(22,23)24/h3-6,10-11H,2,7-9,25H2,1H3,(H,26,28)/t11-/m1/s1. The van der Waals surface area contributed by atoms with Gasteiger partial charge in [0.15, 0.2) is 0 Å². The molecule has 1 amide bonds. The van der Waals surface area contributed by atoms with Gasteiger partial charge in [-0.25, -0.2) is 4.98 Å². The highest BCUT2D eigenvalue weighted by Gasteiger charge is 2.34. The van der Waals surface area contributed by atoms with Crippen LogP contribution in [0.15, 0.2) is 30.3 Å². The van der Waals surface area contributed by atoms with E-state index >= 15 is 0 Å². The van der Waals surface area contributed by atoms with Crippen LogP contribution in [-0.4, -0.2) is 10.9 Å². The van der Waals surface area contributed by atoms with E-state index in [0.29, 0.717) is 16.1 Å². The SMILES string of the molecule is CC[C@@H]1CCc2nc3sc(C(=O)Nc4ccccc4C(F)(F)F)c(N)c3cc2C1. The van der Waals surface area contributed by atoms with Crippen molar-refractivity contribution in [2.24, 2.45) is 5.92 Å². The maximum absolute atomic E-state index is 13.2. The number of nitrogens with two attached hydrogens (primary N) is 1. The van der Waals surface area contributed by atoms with Gasteiger partial charge in [-0.2, -0.15) is 13.2 Å². The first-order chi connectivity index (χ1) is 13.8. The average molecular weight is 419 g/mol. The number of thiophene rings is 1. The number of aryl methyl sites for hydroxylation is 1. The minimum atomic E-state index is -4.56. The molecule has 4 nitrogen and oxygen atoms in total. The zero-order valence-corrected chi connectivity index (χ0v) is 16.6. The molecule has 0 fully saturated rings. The van der Waals surface area contributed by atoms with Crippen molar-refractivity contribution in [2.45, 2.75) is 38.8 Å². The van der Waals surface area contributed by atoms with Crippen molar-refractivity contribution < 1.29 is 18.0 Å².